The van der Waals surface area contributed by atoms with E-state index in [1.54, 1.807) is 12.1 Å². The van der Waals surface area contributed by atoms with E-state index >= 15 is 0 Å². The average molecular weight is 380 g/mol. The Hall–Kier alpha value is -2.53. The topological polar surface area (TPSA) is 44.8 Å². The Labute approximate surface area is 167 Å². The van der Waals surface area contributed by atoms with Crippen molar-refractivity contribution in [2.24, 2.45) is 0 Å². The van der Waals surface area contributed by atoms with Gasteiger partial charge in [0.1, 0.15) is 5.75 Å². The van der Waals surface area contributed by atoms with Gasteiger partial charge in [-0.1, -0.05) is 6.92 Å². The molecule has 2 aromatic carbocycles. The lowest BCUT2D eigenvalue weighted by molar-refractivity contribution is 0.102. The molecule has 5 heteroatoms. The van der Waals surface area contributed by atoms with Gasteiger partial charge in [-0.15, -0.1) is 0 Å². The Kier molecular flexibility index (Phi) is 5.53. The molecule has 0 unspecified atom stereocenters. The van der Waals surface area contributed by atoms with Crippen LogP contribution in [0.4, 0.5) is 11.4 Å². The quantitative estimate of drug-likeness (QED) is 0.824. The summed E-state index contributed by atoms with van der Waals surface area (Å²) in [7, 11) is 2.23. The Morgan fingerprint density at radius 3 is 2.46 bits per heavy atom. The SMILES string of the molecule is CCCOc1ccc(C(=O)Nc2ccc(N3CC[C@H]4[C@@H]3CCN4C)cc2)cc1. The number of nitrogens with zero attached hydrogens (tertiary/aromatic N) is 2. The zero-order valence-corrected chi connectivity index (χ0v) is 16.7. The summed E-state index contributed by atoms with van der Waals surface area (Å²) >= 11 is 0. The maximum Gasteiger partial charge on any atom is 0.255 e. The Bertz CT molecular complexity index is 804. The van der Waals surface area contributed by atoms with Crippen molar-refractivity contribution >= 4 is 17.3 Å². The number of rotatable bonds is 6. The van der Waals surface area contributed by atoms with Crippen molar-refractivity contribution in [3.63, 3.8) is 0 Å². The van der Waals surface area contributed by atoms with Gasteiger partial charge in [-0.05, 0) is 74.8 Å². The lowest BCUT2D eigenvalue weighted by Gasteiger charge is -2.26. The van der Waals surface area contributed by atoms with Gasteiger partial charge < -0.3 is 19.9 Å². The van der Waals surface area contributed by atoms with Gasteiger partial charge in [0.05, 0.1) is 6.61 Å². The molecule has 0 saturated carbocycles. The van der Waals surface area contributed by atoms with Crippen LogP contribution < -0.4 is 15.0 Å². The molecule has 148 valence electrons. The molecule has 4 rings (SSSR count). The van der Waals surface area contributed by atoms with E-state index < -0.39 is 0 Å². The number of hydrogen-bond acceptors (Lipinski definition) is 4. The fraction of sp³-hybridized carbons (Fsp3) is 0.435. The first-order chi connectivity index (χ1) is 13.7. The molecule has 28 heavy (non-hydrogen) atoms. The molecule has 1 N–H and O–H groups in total. The van der Waals surface area contributed by atoms with Gasteiger partial charge in [-0.25, -0.2) is 0 Å². The van der Waals surface area contributed by atoms with E-state index in [0.29, 0.717) is 24.3 Å². The van der Waals surface area contributed by atoms with Gasteiger partial charge >= 0.3 is 0 Å². The van der Waals surface area contributed by atoms with Crippen LogP contribution in [-0.4, -0.2) is 49.6 Å². The number of hydrogen-bond donors (Lipinski definition) is 1. The maximum atomic E-state index is 12.5. The highest BCUT2D eigenvalue weighted by Crippen LogP contribution is 2.34. The minimum absolute atomic E-state index is 0.103. The van der Waals surface area contributed by atoms with Gasteiger partial charge in [-0.2, -0.15) is 0 Å². The molecule has 0 spiro atoms. The van der Waals surface area contributed by atoms with Crippen LogP contribution in [0.1, 0.15) is 36.5 Å². The van der Waals surface area contributed by atoms with E-state index in [0.717, 1.165) is 24.4 Å². The Balaban J connectivity index is 1.37. The Morgan fingerprint density at radius 1 is 1.04 bits per heavy atom. The van der Waals surface area contributed by atoms with Gasteiger partial charge in [0, 0.05) is 42.1 Å². The van der Waals surface area contributed by atoms with Crippen molar-refractivity contribution in [2.45, 2.75) is 38.3 Å². The lowest BCUT2D eigenvalue weighted by atomic mass is 10.1. The molecule has 2 fully saturated rings. The molecule has 0 aromatic heterocycles. The summed E-state index contributed by atoms with van der Waals surface area (Å²) in [5.41, 5.74) is 2.70. The maximum absolute atomic E-state index is 12.5. The molecule has 2 aliphatic heterocycles. The zero-order valence-electron chi connectivity index (χ0n) is 16.7. The molecule has 2 aliphatic rings. The highest BCUT2D eigenvalue weighted by molar-refractivity contribution is 6.04. The first-order valence-corrected chi connectivity index (χ1v) is 10.3. The minimum atomic E-state index is -0.103. The number of ether oxygens (including phenoxy) is 1. The molecule has 2 aromatic rings. The fourth-order valence-corrected chi connectivity index (χ4v) is 4.38. The molecule has 0 bridgehead atoms. The van der Waals surface area contributed by atoms with Crippen LogP contribution in [0.2, 0.25) is 0 Å². The third-order valence-corrected chi connectivity index (χ3v) is 5.90. The first kappa shape index (κ1) is 18.8. The molecule has 0 radical (unpaired) electrons. The van der Waals surface area contributed by atoms with Gasteiger partial charge in [0.25, 0.3) is 5.91 Å². The van der Waals surface area contributed by atoms with Crippen molar-refractivity contribution < 1.29 is 9.53 Å². The van der Waals surface area contributed by atoms with E-state index in [-0.39, 0.29) is 5.91 Å². The van der Waals surface area contributed by atoms with Crippen molar-refractivity contribution in [2.75, 3.05) is 37.0 Å². The third-order valence-electron chi connectivity index (χ3n) is 5.90. The van der Waals surface area contributed by atoms with Crippen molar-refractivity contribution in [3.8, 4) is 5.75 Å². The van der Waals surface area contributed by atoms with E-state index in [4.69, 9.17) is 4.74 Å². The lowest BCUT2D eigenvalue weighted by Crippen LogP contribution is -2.34. The molecular weight excluding hydrogens is 350 g/mol. The monoisotopic (exact) mass is 379 g/mol. The van der Waals surface area contributed by atoms with Gasteiger partial charge in [0.15, 0.2) is 0 Å². The van der Waals surface area contributed by atoms with Crippen LogP contribution in [0.25, 0.3) is 0 Å². The van der Waals surface area contributed by atoms with E-state index in [1.165, 1.54) is 25.1 Å². The third kappa shape index (κ3) is 3.85. The van der Waals surface area contributed by atoms with Crippen LogP contribution in [0, 0.1) is 0 Å². The summed E-state index contributed by atoms with van der Waals surface area (Å²) in [6.07, 6.45) is 3.43. The average Bonchev–Trinajstić information content (AvgIpc) is 3.30. The van der Waals surface area contributed by atoms with Crippen LogP contribution >= 0.6 is 0 Å². The summed E-state index contributed by atoms with van der Waals surface area (Å²) in [4.78, 5) is 17.5. The zero-order chi connectivity index (χ0) is 19.5. The number of nitrogens with one attached hydrogen (secondary N) is 1. The first-order valence-electron chi connectivity index (χ1n) is 10.3. The number of carbonyl (C=O) groups is 1. The normalized spacial score (nSPS) is 21.6. The summed E-state index contributed by atoms with van der Waals surface area (Å²) in [5, 5.41) is 2.99. The van der Waals surface area contributed by atoms with Crippen LogP contribution in [0.3, 0.4) is 0 Å². The molecule has 2 heterocycles. The summed E-state index contributed by atoms with van der Waals surface area (Å²) < 4.78 is 5.57. The molecule has 2 atom stereocenters. The number of benzene rings is 2. The number of anilines is 2. The number of carbonyl (C=O) groups excluding carboxylic acids is 1. The molecule has 2 saturated heterocycles. The predicted molar refractivity (Wildman–Crippen MR) is 113 cm³/mol. The molecular formula is C23H29N3O2. The second kappa shape index (κ2) is 8.23. The number of likely N-dealkylation sites (tertiary alicyclic amines) is 1. The largest absolute Gasteiger partial charge is 0.494 e. The van der Waals surface area contributed by atoms with Crippen molar-refractivity contribution in [3.05, 3.63) is 54.1 Å². The van der Waals surface area contributed by atoms with Gasteiger partial charge in [0.2, 0.25) is 0 Å². The number of amides is 1. The number of fused-ring (bicyclic) bond motifs is 1. The minimum Gasteiger partial charge on any atom is -0.494 e. The summed E-state index contributed by atoms with van der Waals surface area (Å²) in [5.74, 6) is 0.692. The van der Waals surface area contributed by atoms with Crippen LogP contribution in [0.15, 0.2) is 48.5 Å². The van der Waals surface area contributed by atoms with Crippen LogP contribution in [-0.2, 0) is 0 Å². The Morgan fingerprint density at radius 2 is 1.75 bits per heavy atom. The molecule has 1 amide bonds. The second-order valence-corrected chi connectivity index (χ2v) is 7.76. The van der Waals surface area contributed by atoms with Crippen molar-refractivity contribution in [1.29, 1.82) is 0 Å². The number of likely N-dealkylation sites (N-methyl/N-ethyl adjacent to an activating group) is 1. The standard InChI is InChI=1S/C23H29N3O2/c1-3-16-28-20-10-4-17(5-11-20)23(27)24-18-6-8-19(9-7-18)26-15-13-21-22(26)12-14-25(21)2/h4-11,21-22H,3,12-16H2,1-2H3,(H,24,27)/t21-,22-/m0/s1. The van der Waals surface area contributed by atoms with E-state index in [1.807, 2.05) is 24.3 Å². The van der Waals surface area contributed by atoms with Crippen LogP contribution in [0.5, 0.6) is 5.75 Å². The predicted octanol–water partition coefficient (Wildman–Crippen LogP) is 4.01. The molecule has 5 nitrogen and oxygen atoms in total. The summed E-state index contributed by atoms with van der Waals surface area (Å²) in [6, 6.07) is 16.8. The summed E-state index contributed by atoms with van der Waals surface area (Å²) in [6.45, 7) is 5.05. The highest BCUT2D eigenvalue weighted by Gasteiger charge is 2.40. The van der Waals surface area contributed by atoms with E-state index in [2.05, 4.69) is 41.2 Å². The smallest absolute Gasteiger partial charge is 0.255 e. The van der Waals surface area contributed by atoms with Gasteiger partial charge in [-0.3, -0.25) is 4.79 Å². The second-order valence-electron chi connectivity index (χ2n) is 7.76. The fourth-order valence-electron chi connectivity index (χ4n) is 4.38. The van der Waals surface area contributed by atoms with Crippen molar-refractivity contribution in [1.82, 2.24) is 4.90 Å². The highest BCUT2D eigenvalue weighted by atomic mass is 16.5. The molecule has 0 aliphatic carbocycles. The van der Waals surface area contributed by atoms with E-state index in [9.17, 15) is 4.79 Å².